The van der Waals surface area contributed by atoms with Gasteiger partial charge in [0.2, 0.25) is 5.82 Å². The quantitative estimate of drug-likeness (QED) is 0.693. The van der Waals surface area contributed by atoms with Crippen LogP contribution in [0.15, 0.2) is 47.1 Å². The molecule has 6 heteroatoms. The van der Waals surface area contributed by atoms with Crippen LogP contribution in [0.4, 0.5) is 0 Å². The maximum absolute atomic E-state index is 12.8. The fraction of sp³-hybridized carbons (Fsp3) is 0.350. The predicted octanol–water partition coefficient (Wildman–Crippen LogP) is 4.13. The molecule has 6 nitrogen and oxygen atoms in total. The lowest BCUT2D eigenvalue weighted by atomic mass is 10.0. The molecule has 0 saturated heterocycles. The zero-order valence-corrected chi connectivity index (χ0v) is 15.8. The molecule has 0 bridgehead atoms. The van der Waals surface area contributed by atoms with Gasteiger partial charge in [0.25, 0.3) is 5.91 Å². The molecule has 1 aromatic carbocycles. The number of hydrogen-bond acceptors (Lipinski definition) is 4. The van der Waals surface area contributed by atoms with Crippen molar-refractivity contribution in [1.29, 1.82) is 0 Å². The van der Waals surface area contributed by atoms with Gasteiger partial charge < -0.3 is 9.32 Å². The van der Waals surface area contributed by atoms with E-state index in [1.807, 2.05) is 44.2 Å². The number of hydrogen-bond donors (Lipinski definition) is 0. The molecule has 0 aliphatic carbocycles. The Hall–Kier alpha value is -2.89. The van der Waals surface area contributed by atoms with E-state index in [0.717, 1.165) is 17.0 Å². The second-order valence-electron chi connectivity index (χ2n) is 6.72. The molecule has 2 aromatic heterocycles. The van der Waals surface area contributed by atoms with Crippen molar-refractivity contribution in [2.45, 2.75) is 39.7 Å². The molecule has 1 atom stereocenters. The third kappa shape index (κ3) is 3.27. The molecule has 0 radical (unpaired) electrons. The Kier molecular flexibility index (Phi) is 4.93. The number of furan rings is 1. The van der Waals surface area contributed by atoms with Crippen molar-refractivity contribution in [2.75, 3.05) is 7.05 Å². The maximum Gasteiger partial charge on any atom is 0.293 e. The molecule has 0 spiro atoms. The Morgan fingerprint density at radius 2 is 1.88 bits per heavy atom. The Labute approximate surface area is 153 Å². The van der Waals surface area contributed by atoms with Gasteiger partial charge in [-0.2, -0.15) is 0 Å². The summed E-state index contributed by atoms with van der Waals surface area (Å²) in [6.07, 6.45) is 1.60. The Bertz CT molecular complexity index is 896. The zero-order chi connectivity index (χ0) is 18.8. The van der Waals surface area contributed by atoms with E-state index in [4.69, 9.17) is 4.42 Å². The highest BCUT2D eigenvalue weighted by Gasteiger charge is 2.25. The van der Waals surface area contributed by atoms with E-state index in [9.17, 15) is 4.79 Å². The summed E-state index contributed by atoms with van der Waals surface area (Å²) in [6.45, 7) is 8.04. The van der Waals surface area contributed by atoms with Crippen LogP contribution in [-0.4, -0.2) is 32.6 Å². The van der Waals surface area contributed by atoms with Gasteiger partial charge in [0.05, 0.1) is 18.0 Å². The molecule has 0 unspecified atom stereocenters. The third-order valence-electron chi connectivity index (χ3n) is 4.60. The summed E-state index contributed by atoms with van der Waals surface area (Å²) in [6, 6.07) is 11.5. The van der Waals surface area contributed by atoms with E-state index in [-0.39, 0.29) is 17.8 Å². The van der Waals surface area contributed by atoms with Gasteiger partial charge in [-0.05, 0) is 43.5 Å². The zero-order valence-electron chi connectivity index (χ0n) is 15.8. The number of para-hydroxylation sites is 1. The summed E-state index contributed by atoms with van der Waals surface area (Å²) in [7, 11) is 1.73. The molecular formula is C20H24N4O2. The molecule has 0 aliphatic rings. The monoisotopic (exact) mass is 352 g/mol. The molecule has 2 heterocycles. The van der Waals surface area contributed by atoms with Crippen LogP contribution in [0.5, 0.6) is 0 Å². The highest BCUT2D eigenvalue weighted by atomic mass is 16.3. The van der Waals surface area contributed by atoms with Crippen molar-refractivity contribution in [3.05, 3.63) is 65.6 Å². The van der Waals surface area contributed by atoms with Crippen LogP contribution in [-0.2, 0) is 0 Å². The lowest BCUT2D eigenvalue weighted by Gasteiger charge is -2.21. The van der Waals surface area contributed by atoms with Gasteiger partial charge in [0, 0.05) is 7.05 Å². The van der Waals surface area contributed by atoms with Crippen molar-refractivity contribution in [3.8, 4) is 5.69 Å². The normalized spacial score (nSPS) is 12.4. The average Bonchev–Trinajstić information content (AvgIpc) is 3.29. The maximum atomic E-state index is 12.8. The highest BCUT2D eigenvalue weighted by molar-refractivity contribution is 5.90. The van der Waals surface area contributed by atoms with Gasteiger partial charge in [-0.25, -0.2) is 9.67 Å². The summed E-state index contributed by atoms with van der Waals surface area (Å²) in [5.74, 6) is 1.69. The Morgan fingerprint density at radius 1 is 1.15 bits per heavy atom. The van der Waals surface area contributed by atoms with Crippen LogP contribution in [0, 0.1) is 6.92 Å². The Morgan fingerprint density at radius 3 is 2.54 bits per heavy atom. The SMILES string of the molecule is Cc1nc(C(=O)N(C)[C@H](C)c2ccco2)nn1-c1ccccc1C(C)C. The number of benzene rings is 1. The van der Waals surface area contributed by atoms with Gasteiger partial charge in [-0.1, -0.05) is 32.0 Å². The molecule has 3 aromatic rings. The molecule has 0 N–H and O–H groups in total. The third-order valence-corrected chi connectivity index (χ3v) is 4.60. The van der Waals surface area contributed by atoms with Crippen molar-refractivity contribution in [1.82, 2.24) is 19.7 Å². The van der Waals surface area contributed by atoms with Gasteiger partial charge >= 0.3 is 0 Å². The van der Waals surface area contributed by atoms with Crippen molar-refractivity contribution in [2.24, 2.45) is 0 Å². The van der Waals surface area contributed by atoms with Gasteiger partial charge in [0.15, 0.2) is 0 Å². The highest BCUT2D eigenvalue weighted by Crippen LogP contribution is 2.24. The van der Waals surface area contributed by atoms with Crippen molar-refractivity contribution >= 4 is 5.91 Å². The molecule has 3 rings (SSSR count). The molecule has 0 saturated carbocycles. The fourth-order valence-corrected chi connectivity index (χ4v) is 2.93. The molecule has 136 valence electrons. The summed E-state index contributed by atoms with van der Waals surface area (Å²) >= 11 is 0. The van der Waals surface area contributed by atoms with Crippen LogP contribution in [0.3, 0.4) is 0 Å². The van der Waals surface area contributed by atoms with Crippen LogP contribution in [0.2, 0.25) is 0 Å². The van der Waals surface area contributed by atoms with Crippen molar-refractivity contribution < 1.29 is 9.21 Å². The topological polar surface area (TPSA) is 64.2 Å². The minimum Gasteiger partial charge on any atom is -0.467 e. The van der Waals surface area contributed by atoms with E-state index in [0.29, 0.717) is 11.7 Å². The first kappa shape index (κ1) is 17.9. The largest absolute Gasteiger partial charge is 0.467 e. The van der Waals surface area contributed by atoms with Crippen LogP contribution < -0.4 is 0 Å². The van der Waals surface area contributed by atoms with Crippen LogP contribution in [0.1, 0.15) is 60.5 Å². The first-order valence-corrected chi connectivity index (χ1v) is 8.73. The van der Waals surface area contributed by atoms with Gasteiger partial charge in [-0.3, -0.25) is 4.79 Å². The molecule has 0 fully saturated rings. The first-order valence-electron chi connectivity index (χ1n) is 8.73. The van der Waals surface area contributed by atoms with Crippen molar-refractivity contribution in [3.63, 3.8) is 0 Å². The number of carbonyl (C=O) groups is 1. The molecule has 0 aliphatic heterocycles. The van der Waals surface area contributed by atoms with Gasteiger partial charge in [0.1, 0.15) is 11.6 Å². The minimum atomic E-state index is -0.238. The van der Waals surface area contributed by atoms with E-state index >= 15 is 0 Å². The lowest BCUT2D eigenvalue weighted by molar-refractivity contribution is 0.0714. The van der Waals surface area contributed by atoms with Crippen LogP contribution >= 0.6 is 0 Å². The lowest BCUT2D eigenvalue weighted by Crippen LogP contribution is -2.30. The number of carbonyl (C=O) groups excluding carboxylic acids is 1. The number of rotatable bonds is 5. The summed E-state index contributed by atoms with van der Waals surface area (Å²) in [5, 5.41) is 4.49. The standard InChI is InChI=1S/C20H24N4O2/c1-13(2)16-9-6-7-10-17(16)24-15(4)21-19(22-24)20(25)23(5)14(3)18-11-8-12-26-18/h6-14H,1-5H3/t14-/m1/s1. The summed E-state index contributed by atoms with van der Waals surface area (Å²) < 4.78 is 7.15. The van der Waals surface area contributed by atoms with E-state index in [1.54, 1.807) is 22.9 Å². The number of aryl methyl sites for hydroxylation is 1. The second-order valence-corrected chi connectivity index (χ2v) is 6.72. The van der Waals surface area contributed by atoms with E-state index < -0.39 is 0 Å². The van der Waals surface area contributed by atoms with Crippen LogP contribution in [0.25, 0.3) is 5.69 Å². The predicted molar refractivity (Wildman–Crippen MR) is 99.4 cm³/mol. The van der Waals surface area contributed by atoms with Gasteiger partial charge in [-0.15, -0.1) is 5.10 Å². The second kappa shape index (κ2) is 7.15. The Balaban J connectivity index is 1.92. The van der Waals surface area contributed by atoms with E-state index in [2.05, 4.69) is 30.0 Å². The molecule has 1 amide bonds. The fourth-order valence-electron chi connectivity index (χ4n) is 2.93. The number of aromatic nitrogens is 3. The number of amides is 1. The summed E-state index contributed by atoms with van der Waals surface area (Å²) in [5.41, 5.74) is 2.12. The first-order chi connectivity index (χ1) is 12.4. The smallest absolute Gasteiger partial charge is 0.293 e. The summed E-state index contributed by atoms with van der Waals surface area (Å²) in [4.78, 5) is 18.8. The average molecular weight is 352 g/mol. The molecular weight excluding hydrogens is 328 g/mol. The number of nitrogens with zero attached hydrogens (tertiary/aromatic N) is 4. The minimum absolute atomic E-state index is 0.182. The van der Waals surface area contributed by atoms with E-state index in [1.165, 1.54) is 0 Å². The molecule has 26 heavy (non-hydrogen) atoms.